The van der Waals surface area contributed by atoms with E-state index in [0.29, 0.717) is 37.0 Å². The molecule has 0 bridgehead atoms. The number of aromatic nitrogens is 4. The predicted molar refractivity (Wildman–Crippen MR) is 112 cm³/mol. The molecule has 0 radical (unpaired) electrons. The molecule has 0 spiro atoms. The Morgan fingerprint density at radius 2 is 2.07 bits per heavy atom. The van der Waals surface area contributed by atoms with Crippen molar-refractivity contribution >= 4 is 22.5 Å². The van der Waals surface area contributed by atoms with Crippen LogP contribution in [0.5, 0.6) is 0 Å². The Bertz CT molecular complexity index is 1120. The fourth-order valence-electron chi connectivity index (χ4n) is 3.85. The first-order valence-corrected chi connectivity index (χ1v) is 9.97. The number of pyridine rings is 2. The van der Waals surface area contributed by atoms with E-state index in [1.807, 2.05) is 18.3 Å². The Labute approximate surface area is 168 Å². The van der Waals surface area contributed by atoms with Crippen molar-refractivity contribution in [3.8, 4) is 11.3 Å². The van der Waals surface area contributed by atoms with E-state index in [-0.39, 0.29) is 16.9 Å². The summed E-state index contributed by atoms with van der Waals surface area (Å²) in [7, 11) is 0. The van der Waals surface area contributed by atoms with Crippen molar-refractivity contribution in [2.24, 2.45) is 5.41 Å². The molecule has 1 saturated carbocycles. The minimum absolute atomic E-state index is 0.00768. The van der Waals surface area contributed by atoms with Gasteiger partial charge in [0.2, 0.25) is 5.95 Å². The van der Waals surface area contributed by atoms with Gasteiger partial charge in [0, 0.05) is 42.2 Å². The van der Waals surface area contributed by atoms with E-state index in [9.17, 15) is 4.79 Å². The lowest BCUT2D eigenvalue weighted by Crippen LogP contribution is -2.45. The molecule has 1 saturated heterocycles. The number of nitrogens with zero attached hydrogens (tertiary/aromatic N) is 4. The van der Waals surface area contributed by atoms with Gasteiger partial charge in [0.15, 0.2) is 0 Å². The van der Waals surface area contributed by atoms with E-state index in [1.165, 1.54) is 6.42 Å². The van der Waals surface area contributed by atoms with Crippen LogP contribution >= 0.6 is 0 Å². The van der Waals surface area contributed by atoms with E-state index >= 15 is 0 Å². The first kappa shape index (κ1) is 18.1. The molecule has 8 heteroatoms. The topological polar surface area (TPSA) is 108 Å². The largest absolute Gasteiger partial charge is 0.380 e. The lowest BCUT2D eigenvalue weighted by atomic mass is 9.88. The fraction of sp³-hybridized carbons (Fsp3) is 0.429. The van der Waals surface area contributed by atoms with Crippen LogP contribution in [0.4, 0.5) is 11.8 Å². The maximum absolute atomic E-state index is 13.3. The first-order valence-electron chi connectivity index (χ1n) is 9.97. The molecule has 1 aliphatic heterocycles. The van der Waals surface area contributed by atoms with Gasteiger partial charge in [0.1, 0.15) is 5.82 Å². The summed E-state index contributed by atoms with van der Waals surface area (Å²) in [6.07, 6.45) is 8.56. The Kier molecular flexibility index (Phi) is 4.24. The molecule has 8 nitrogen and oxygen atoms in total. The van der Waals surface area contributed by atoms with Crippen molar-refractivity contribution in [3.63, 3.8) is 0 Å². The van der Waals surface area contributed by atoms with E-state index in [1.54, 1.807) is 17.0 Å². The second-order valence-corrected chi connectivity index (χ2v) is 8.47. The highest BCUT2D eigenvalue weighted by Gasteiger charge is 2.34. The zero-order chi connectivity index (χ0) is 20.0. The van der Waals surface area contributed by atoms with Crippen molar-refractivity contribution in [3.05, 3.63) is 41.1 Å². The quantitative estimate of drug-likeness (QED) is 0.686. The summed E-state index contributed by atoms with van der Waals surface area (Å²) in [4.78, 5) is 26.3. The lowest BCUT2D eigenvalue weighted by Gasteiger charge is -2.38. The standard InChI is InChI=1S/C21H24N6O2/c1-21(11-29-12-21)10-27-6-5-13-7-16(14-8-23-20(22)24-9-14)26-18(17(13)19(27)28)25-15-3-2-4-15/h5-9,15H,2-4,10-12H2,1H3,(H,25,26)(H2,22,23,24). The molecule has 0 amide bonds. The number of nitrogens with two attached hydrogens (primary N) is 1. The van der Waals surface area contributed by atoms with Gasteiger partial charge in [0.25, 0.3) is 5.56 Å². The van der Waals surface area contributed by atoms with Crippen LogP contribution in [0, 0.1) is 5.41 Å². The first-order chi connectivity index (χ1) is 14.0. The molecule has 29 heavy (non-hydrogen) atoms. The average Bonchev–Trinajstić information content (AvgIpc) is 2.66. The van der Waals surface area contributed by atoms with Crippen LogP contribution in [-0.4, -0.2) is 38.8 Å². The lowest BCUT2D eigenvalue weighted by molar-refractivity contribution is -0.110. The molecule has 2 aliphatic rings. The molecule has 150 valence electrons. The van der Waals surface area contributed by atoms with Gasteiger partial charge in [-0.3, -0.25) is 4.79 Å². The molecule has 3 aromatic rings. The van der Waals surface area contributed by atoms with Gasteiger partial charge in [-0.15, -0.1) is 0 Å². The van der Waals surface area contributed by atoms with Crippen molar-refractivity contribution in [2.75, 3.05) is 24.3 Å². The summed E-state index contributed by atoms with van der Waals surface area (Å²) >= 11 is 0. The van der Waals surface area contributed by atoms with Crippen molar-refractivity contribution in [1.29, 1.82) is 0 Å². The smallest absolute Gasteiger partial charge is 0.262 e. The van der Waals surface area contributed by atoms with Crippen molar-refractivity contribution in [2.45, 2.75) is 38.8 Å². The second-order valence-electron chi connectivity index (χ2n) is 8.47. The summed E-state index contributed by atoms with van der Waals surface area (Å²) in [6, 6.07) is 4.25. The second kappa shape index (κ2) is 6.81. The molecule has 0 unspecified atom stereocenters. The third-order valence-electron chi connectivity index (χ3n) is 5.83. The van der Waals surface area contributed by atoms with E-state index in [4.69, 9.17) is 15.5 Å². The molecular formula is C21H24N6O2. The molecule has 2 fully saturated rings. The van der Waals surface area contributed by atoms with Gasteiger partial charge in [0.05, 0.1) is 24.3 Å². The van der Waals surface area contributed by atoms with Crippen LogP contribution in [0.2, 0.25) is 0 Å². The zero-order valence-electron chi connectivity index (χ0n) is 16.4. The summed E-state index contributed by atoms with van der Waals surface area (Å²) in [5, 5.41) is 4.97. The highest BCUT2D eigenvalue weighted by molar-refractivity contribution is 5.94. The highest BCUT2D eigenvalue weighted by atomic mass is 16.5. The Hall–Kier alpha value is -3.00. The van der Waals surface area contributed by atoms with Crippen LogP contribution in [-0.2, 0) is 11.3 Å². The molecule has 3 N–H and O–H groups in total. The normalized spacial score (nSPS) is 18.2. The average molecular weight is 392 g/mol. The summed E-state index contributed by atoms with van der Waals surface area (Å²) in [5.41, 5.74) is 7.08. The van der Waals surface area contributed by atoms with Gasteiger partial charge in [-0.2, -0.15) is 0 Å². The summed E-state index contributed by atoms with van der Waals surface area (Å²) in [5.74, 6) is 0.854. The zero-order valence-corrected chi connectivity index (χ0v) is 16.4. The molecule has 0 atom stereocenters. The number of rotatable bonds is 5. The molecule has 1 aliphatic carbocycles. The maximum atomic E-state index is 13.3. The molecule has 3 aromatic heterocycles. The minimum Gasteiger partial charge on any atom is -0.380 e. The van der Waals surface area contributed by atoms with Crippen molar-refractivity contribution < 1.29 is 4.74 Å². The van der Waals surface area contributed by atoms with E-state index < -0.39 is 0 Å². The van der Waals surface area contributed by atoms with Crippen molar-refractivity contribution in [1.82, 2.24) is 19.5 Å². The highest BCUT2D eigenvalue weighted by Crippen LogP contribution is 2.31. The number of nitrogens with one attached hydrogen (secondary N) is 1. The van der Waals surface area contributed by atoms with E-state index in [0.717, 1.165) is 29.5 Å². The minimum atomic E-state index is -0.0231. The van der Waals surface area contributed by atoms with Gasteiger partial charge < -0.3 is 20.4 Å². The van der Waals surface area contributed by atoms with E-state index in [2.05, 4.69) is 22.2 Å². The Morgan fingerprint density at radius 3 is 2.69 bits per heavy atom. The third kappa shape index (κ3) is 3.33. The van der Waals surface area contributed by atoms with Crippen LogP contribution in [0.1, 0.15) is 26.2 Å². The van der Waals surface area contributed by atoms with Gasteiger partial charge >= 0.3 is 0 Å². The van der Waals surface area contributed by atoms with Crippen LogP contribution in [0.25, 0.3) is 22.0 Å². The monoisotopic (exact) mass is 392 g/mol. The SMILES string of the molecule is CC1(Cn2ccc3cc(-c4cnc(N)nc4)nc(NC4CCC4)c3c2=O)COC1. The maximum Gasteiger partial charge on any atom is 0.262 e. The summed E-state index contributed by atoms with van der Waals surface area (Å²) in [6.45, 7) is 4.14. The van der Waals surface area contributed by atoms with Gasteiger partial charge in [-0.05, 0) is 36.8 Å². The third-order valence-corrected chi connectivity index (χ3v) is 5.83. The van der Waals surface area contributed by atoms with Gasteiger partial charge in [-0.1, -0.05) is 6.92 Å². The number of hydrogen-bond donors (Lipinski definition) is 2. The Morgan fingerprint density at radius 1 is 1.31 bits per heavy atom. The Balaban J connectivity index is 1.62. The summed E-state index contributed by atoms with van der Waals surface area (Å²) < 4.78 is 7.13. The fourth-order valence-corrected chi connectivity index (χ4v) is 3.85. The number of fused-ring (bicyclic) bond motifs is 1. The van der Waals surface area contributed by atoms with Crippen LogP contribution in [0.15, 0.2) is 35.5 Å². The molecule has 0 aromatic carbocycles. The van der Waals surface area contributed by atoms with Crippen LogP contribution in [0.3, 0.4) is 0 Å². The predicted octanol–water partition coefficient (Wildman–Crippen LogP) is 2.44. The number of hydrogen-bond acceptors (Lipinski definition) is 7. The number of nitrogen functional groups attached to an aromatic ring is 1. The molecule has 4 heterocycles. The van der Waals surface area contributed by atoms with Gasteiger partial charge in [-0.25, -0.2) is 15.0 Å². The molecule has 5 rings (SSSR count). The molecular weight excluding hydrogens is 368 g/mol. The number of ether oxygens (including phenoxy) is 1. The van der Waals surface area contributed by atoms with Crippen LogP contribution < -0.4 is 16.6 Å². The number of anilines is 2.